The van der Waals surface area contributed by atoms with Crippen molar-refractivity contribution in [2.45, 2.75) is 51.0 Å². The number of benzene rings is 2. The number of ether oxygens (including phenoxy) is 1. The highest BCUT2D eigenvalue weighted by Crippen LogP contribution is 2.33. The van der Waals surface area contributed by atoms with Crippen molar-refractivity contribution in [3.05, 3.63) is 59.5 Å². The Hall–Kier alpha value is -3.47. The second-order valence-corrected chi connectivity index (χ2v) is 8.66. The summed E-state index contributed by atoms with van der Waals surface area (Å²) in [5, 5.41) is 9.72. The molecule has 1 aliphatic heterocycles. The van der Waals surface area contributed by atoms with Crippen molar-refractivity contribution in [2.24, 2.45) is 0 Å². The number of carbonyl (C=O) groups is 1. The molecule has 0 radical (unpaired) electrons. The smallest absolute Gasteiger partial charge is 0.410 e. The maximum absolute atomic E-state index is 14.2. The molecule has 11 heteroatoms. The molecule has 0 saturated carbocycles. The number of fused-ring (bicyclic) bond motifs is 1. The summed E-state index contributed by atoms with van der Waals surface area (Å²) in [6.07, 6.45) is -2.50. The SMILES string of the molecule is CC(C)Nc1ncc2ccc(OC(=O)N[C@H](c3ccc(C(F)(F)F)c(F)c3)[C@@H]3CCCN3)cc2n1. The summed E-state index contributed by atoms with van der Waals surface area (Å²) >= 11 is 0. The van der Waals surface area contributed by atoms with Crippen LogP contribution >= 0.6 is 0 Å². The number of alkyl halides is 3. The number of carbonyl (C=O) groups excluding carboxylic acids is 1. The summed E-state index contributed by atoms with van der Waals surface area (Å²) in [6, 6.07) is 6.61. The van der Waals surface area contributed by atoms with Crippen LogP contribution in [0.1, 0.15) is 43.9 Å². The molecule has 186 valence electrons. The highest BCUT2D eigenvalue weighted by Gasteiger charge is 2.35. The lowest BCUT2D eigenvalue weighted by Gasteiger charge is -2.25. The maximum atomic E-state index is 14.2. The molecule has 3 N–H and O–H groups in total. The normalized spacial score (nSPS) is 16.9. The summed E-state index contributed by atoms with van der Waals surface area (Å²) in [5.74, 6) is -0.736. The van der Waals surface area contributed by atoms with Gasteiger partial charge in [-0.05, 0) is 63.1 Å². The van der Waals surface area contributed by atoms with Crippen LogP contribution in [0.5, 0.6) is 5.75 Å². The monoisotopic (exact) mass is 491 g/mol. The second-order valence-electron chi connectivity index (χ2n) is 8.66. The molecule has 1 saturated heterocycles. The highest BCUT2D eigenvalue weighted by atomic mass is 19.4. The summed E-state index contributed by atoms with van der Waals surface area (Å²) in [4.78, 5) is 21.4. The molecule has 1 amide bonds. The van der Waals surface area contributed by atoms with Crippen molar-refractivity contribution in [3.8, 4) is 5.75 Å². The number of hydrogen-bond acceptors (Lipinski definition) is 6. The fourth-order valence-electron chi connectivity index (χ4n) is 4.02. The molecular formula is C24H25F4N5O2. The predicted molar refractivity (Wildman–Crippen MR) is 123 cm³/mol. The zero-order chi connectivity index (χ0) is 25.2. The molecule has 0 bridgehead atoms. The van der Waals surface area contributed by atoms with E-state index in [1.54, 1.807) is 24.4 Å². The predicted octanol–water partition coefficient (Wildman–Crippen LogP) is 5.19. The van der Waals surface area contributed by atoms with E-state index in [1.807, 2.05) is 13.8 Å². The van der Waals surface area contributed by atoms with Crippen molar-refractivity contribution in [1.29, 1.82) is 0 Å². The molecule has 2 heterocycles. The van der Waals surface area contributed by atoms with E-state index in [-0.39, 0.29) is 23.4 Å². The third kappa shape index (κ3) is 5.97. The Bertz CT molecular complexity index is 1210. The van der Waals surface area contributed by atoms with Crippen molar-refractivity contribution >= 4 is 22.9 Å². The van der Waals surface area contributed by atoms with Crippen molar-refractivity contribution in [3.63, 3.8) is 0 Å². The van der Waals surface area contributed by atoms with Crippen LogP contribution in [-0.4, -0.2) is 34.7 Å². The molecule has 1 aromatic heterocycles. The molecule has 0 unspecified atom stereocenters. The number of rotatable bonds is 6. The first-order chi connectivity index (χ1) is 16.6. The van der Waals surface area contributed by atoms with Crippen LogP contribution in [0.2, 0.25) is 0 Å². The fraction of sp³-hybridized carbons (Fsp3) is 0.375. The Balaban J connectivity index is 1.53. The summed E-state index contributed by atoms with van der Waals surface area (Å²) in [7, 11) is 0. The van der Waals surface area contributed by atoms with Gasteiger partial charge in [0.1, 0.15) is 11.6 Å². The average Bonchev–Trinajstić information content (AvgIpc) is 3.30. The fourth-order valence-corrected chi connectivity index (χ4v) is 4.02. The van der Waals surface area contributed by atoms with E-state index in [0.29, 0.717) is 30.5 Å². The number of amides is 1. The van der Waals surface area contributed by atoms with E-state index in [2.05, 4.69) is 25.9 Å². The zero-order valence-corrected chi connectivity index (χ0v) is 19.1. The van der Waals surface area contributed by atoms with Gasteiger partial charge in [0, 0.05) is 29.7 Å². The first kappa shape index (κ1) is 24.6. The van der Waals surface area contributed by atoms with E-state index in [9.17, 15) is 22.4 Å². The molecule has 2 atom stereocenters. The molecule has 1 fully saturated rings. The van der Waals surface area contributed by atoms with Gasteiger partial charge in [-0.2, -0.15) is 13.2 Å². The van der Waals surface area contributed by atoms with Gasteiger partial charge in [-0.3, -0.25) is 0 Å². The number of nitrogens with one attached hydrogen (secondary N) is 3. The topological polar surface area (TPSA) is 88.2 Å². The number of anilines is 1. The Labute approximate surface area is 199 Å². The molecule has 7 nitrogen and oxygen atoms in total. The van der Waals surface area contributed by atoms with Gasteiger partial charge < -0.3 is 20.7 Å². The third-order valence-electron chi connectivity index (χ3n) is 5.61. The van der Waals surface area contributed by atoms with Crippen LogP contribution < -0.4 is 20.7 Å². The quantitative estimate of drug-likeness (QED) is 0.412. The van der Waals surface area contributed by atoms with Crippen molar-refractivity contribution < 1.29 is 27.1 Å². The second kappa shape index (κ2) is 10.0. The van der Waals surface area contributed by atoms with Gasteiger partial charge in [-0.1, -0.05) is 6.07 Å². The molecule has 3 aromatic rings. The van der Waals surface area contributed by atoms with Crippen LogP contribution in [0.15, 0.2) is 42.6 Å². The van der Waals surface area contributed by atoms with Crippen LogP contribution in [0.3, 0.4) is 0 Å². The van der Waals surface area contributed by atoms with Crippen molar-refractivity contribution in [1.82, 2.24) is 20.6 Å². The van der Waals surface area contributed by atoms with Crippen molar-refractivity contribution in [2.75, 3.05) is 11.9 Å². The number of aromatic nitrogens is 2. The van der Waals surface area contributed by atoms with E-state index in [0.717, 1.165) is 17.9 Å². The summed E-state index contributed by atoms with van der Waals surface area (Å²) in [5.41, 5.74) is -0.582. The van der Waals surface area contributed by atoms with Crippen LogP contribution in [0.25, 0.3) is 10.9 Å². The van der Waals surface area contributed by atoms with Gasteiger partial charge in [-0.25, -0.2) is 19.2 Å². The minimum absolute atomic E-state index is 0.133. The molecule has 1 aliphatic rings. The molecule has 0 spiro atoms. The minimum Gasteiger partial charge on any atom is -0.410 e. The van der Waals surface area contributed by atoms with Gasteiger partial charge in [0.2, 0.25) is 5.95 Å². The molecule has 4 rings (SSSR count). The molecular weight excluding hydrogens is 466 g/mol. The maximum Gasteiger partial charge on any atom is 0.419 e. The molecule has 0 aliphatic carbocycles. The first-order valence-electron chi connectivity index (χ1n) is 11.2. The van der Waals surface area contributed by atoms with E-state index >= 15 is 0 Å². The standard InChI is InChI=1S/C24H25F4N5O2/c1-13(2)31-22-30-12-15-5-7-16(11-20(15)32-22)35-23(34)33-21(19-4-3-9-29-19)14-6-8-17(18(25)10-14)24(26,27)28/h5-8,10-13,19,21,29H,3-4,9H2,1-2H3,(H,33,34)(H,30,31,32)/t19-,21+/m0/s1. The number of nitrogens with zero attached hydrogens (tertiary/aromatic N) is 2. The Morgan fingerprint density at radius 3 is 2.66 bits per heavy atom. The lowest BCUT2D eigenvalue weighted by Crippen LogP contribution is -2.42. The van der Waals surface area contributed by atoms with Crippen LogP contribution in [-0.2, 0) is 6.18 Å². The van der Waals surface area contributed by atoms with E-state index < -0.39 is 29.7 Å². The van der Waals surface area contributed by atoms with Gasteiger partial charge in [-0.15, -0.1) is 0 Å². The Morgan fingerprint density at radius 2 is 2.00 bits per heavy atom. The molecule has 35 heavy (non-hydrogen) atoms. The third-order valence-corrected chi connectivity index (χ3v) is 5.61. The van der Waals surface area contributed by atoms with Gasteiger partial charge >= 0.3 is 12.3 Å². The Kier molecular flexibility index (Phi) is 7.06. The summed E-state index contributed by atoms with van der Waals surface area (Å²) in [6.45, 7) is 4.59. The van der Waals surface area contributed by atoms with Gasteiger partial charge in [0.05, 0.1) is 17.1 Å². The summed E-state index contributed by atoms with van der Waals surface area (Å²) < 4.78 is 58.6. The average molecular weight is 491 g/mol. The minimum atomic E-state index is -4.81. The zero-order valence-electron chi connectivity index (χ0n) is 19.1. The Morgan fingerprint density at radius 1 is 1.20 bits per heavy atom. The van der Waals surface area contributed by atoms with E-state index in [1.165, 1.54) is 6.07 Å². The number of hydrogen-bond donors (Lipinski definition) is 3. The lowest BCUT2D eigenvalue weighted by atomic mass is 9.96. The van der Waals surface area contributed by atoms with Gasteiger partial charge in [0.15, 0.2) is 0 Å². The van der Waals surface area contributed by atoms with E-state index in [4.69, 9.17) is 4.74 Å². The highest BCUT2D eigenvalue weighted by molar-refractivity contribution is 5.81. The van der Waals surface area contributed by atoms with Crippen LogP contribution in [0, 0.1) is 5.82 Å². The lowest BCUT2D eigenvalue weighted by molar-refractivity contribution is -0.140. The number of halogens is 4. The largest absolute Gasteiger partial charge is 0.419 e. The van der Waals surface area contributed by atoms with Gasteiger partial charge in [0.25, 0.3) is 0 Å². The van der Waals surface area contributed by atoms with Crippen LogP contribution in [0.4, 0.5) is 28.3 Å². The molecule has 2 aromatic carbocycles. The first-order valence-corrected chi connectivity index (χ1v) is 11.2.